The minimum absolute atomic E-state index is 0.148. The number of nitrogens with zero attached hydrogens (tertiary/aromatic N) is 1. The second-order valence-electron chi connectivity index (χ2n) is 5.00. The first-order valence-electron chi connectivity index (χ1n) is 7.47. The van der Waals surface area contributed by atoms with Crippen LogP contribution in [0.4, 0.5) is 4.39 Å². The van der Waals surface area contributed by atoms with Crippen molar-refractivity contribution in [2.45, 2.75) is 11.3 Å². The van der Waals surface area contributed by atoms with Gasteiger partial charge < -0.3 is 10.6 Å². The Bertz CT molecular complexity index is 774. The molecule has 2 N–H and O–H groups in total. The van der Waals surface area contributed by atoms with E-state index in [9.17, 15) is 12.8 Å². The molecule has 5 nitrogen and oxygen atoms in total. The summed E-state index contributed by atoms with van der Waals surface area (Å²) in [4.78, 5) is 5.04. The number of hydrogen-bond donors (Lipinski definition) is 2. The van der Waals surface area contributed by atoms with Gasteiger partial charge in [-0.25, -0.2) is 12.8 Å². The Labute approximate surface area is 145 Å². The van der Waals surface area contributed by atoms with Gasteiger partial charge in [0.2, 0.25) is 0 Å². The molecule has 24 heavy (non-hydrogen) atoms. The zero-order chi connectivity index (χ0) is 17.4. The third kappa shape index (κ3) is 5.31. The van der Waals surface area contributed by atoms with E-state index in [4.69, 9.17) is 0 Å². The largest absolute Gasteiger partial charge is 0.356 e. The minimum Gasteiger partial charge on any atom is -0.356 e. The Morgan fingerprint density at radius 2 is 1.92 bits per heavy atom. The Balaban J connectivity index is 1.80. The van der Waals surface area contributed by atoms with E-state index in [2.05, 4.69) is 21.7 Å². The van der Waals surface area contributed by atoms with Gasteiger partial charge in [0.15, 0.2) is 15.8 Å². The molecule has 0 fully saturated rings. The smallest absolute Gasteiger partial charge is 0.191 e. The molecule has 0 bridgehead atoms. The molecule has 0 unspecified atom stereocenters. The number of rotatable bonds is 7. The van der Waals surface area contributed by atoms with Crippen molar-refractivity contribution in [2.75, 3.05) is 25.9 Å². The monoisotopic (exact) mass is 369 g/mol. The van der Waals surface area contributed by atoms with Crippen molar-refractivity contribution in [1.82, 2.24) is 10.6 Å². The standard InChI is InChI=1S/C16H20FN3O2S2/c1-18-16(19-9-8-13-5-4-11-23-13)20-10-12-24(21,22)15-7-3-2-6-14(15)17/h2-7,11H,8-10,12H2,1H3,(H2,18,19,20). The van der Waals surface area contributed by atoms with E-state index in [-0.39, 0.29) is 17.2 Å². The summed E-state index contributed by atoms with van der Waals surface area (Å²) in [5.41, 5.74) is 0. The molecule has 130 valence electrons. The quantitative estimate of drug-likeness (QED) is 0.579. The first-order valence-corrected chi connectivity index (χ1v) is 10.0. The molecule has 0 saturated heterocycles. The first-order chi connectivity index (χ1) is 11.5. The van der Waals surface area contributed by atoms with E-state index in [0.29, 0.717) is 12.5 Å². The van der Waals surface area contributed by atoms with Crippen LogP contribution in [0.2, 0.25) is 0 Å². The Morgan fingerprint density at radius 3 is 2.58 bits per heavy atom. The van der Waals surface area contributed by atoms with Crippen molar-refractivity contribution in [3.63, 3.8) is 0 Å². The highest BCUT2D eigenvalue weighted by Gasteiger charge is 2.18. The van der Waals surface area contributed by atoms with Crippen molar-refractivity contribution in [2.24, 2.45) is 4.99 Å². The number of sulfone groups is 1. The van der Waals surface area contributed by atoms with Gasteiger partial charge in [0, 0.05) is 25.0 Å². The van der Waals surface area contributed by atoms with Crippen LogP contribution in [0.5, 0.6) is 0 Å². The van der Waals surface area contributed by atoms with E-state index < -0.39 is 15.7 Å². The molecule has 0 radical (unpaired) electrons. The van der Waals surface area contributed by atoms with Gasteiger partial charge in [-0.2, -0.15) is 0 Å². The number of guanidine groups is 1. The fourth-order valence-electron chi connectivity index (χ4n) is 2.09. The lowest BCUT2D eigenvalue weighted by Crippen LogP contribution is -2.40. The summed E-state index contributed by atoms with van der Waals surface area (Å²) in [6, 6.07) is 9.45. The van der Waals surface area contributed by atoms with Gasteiger partial charge in [-0.1, -0.05) is 18.2 Å². The number of halogens is 1. The molecule has 0 atom stereocenters. The van der Waals surface area contributed by atoms with Gasteiger partial charge in [0.1, 0.15) is 10.7 Å². The van der Waals surface area contributed by atoms with E-state index in [0.717, 1.165) is 12.5 Å². The van der Waals surface area contributed by atoms with Gasteiger partial charge in [0.25, 0.3) is 0 Å². The molecule has 2 aromatic rings. The maximum atomic E-state index is 13.6. The molecule has 1 aromatic carbocycles. The predicted molar refractivity (Wildman–Crippen MR) is 95.8 cm³/mol. The van der Waals surface area contributed by atoms with Crippen LogP contribution in [0, 0.1) is 5.82 Å². The number of nitrogens with one attached hydrogen (secondary N) is 2. The molecule has 0 aliphatic carbocycles. The van der Waals surface area contributed by atoms with Crippen LogP contribution in [-0.2, 0) is 16.3 Å². The van der Waals surface area contributed by atoms with Crippen molar-refractivity contribution < 1.29 is 12.8 Å². The highest BCUT2D eigenvalue weighted by atomic mass is 32.2. The predicted octanol–water partition coefficient (Wildman–Crippen LogP) is 2.07. The van der Waals surface area contributed by atoms with Gasteiger partial charge in [-0.3, -0.25) is 4.99 Å². The summed E-state index contributed by atoms with van der Waals surface area (Å²) in [5.74, 6) is -0.411. The molecule has 0 saturated carbocycles. The maximum absolute atomic E-state index is 13.6. The second kappa shape index (κ2) is 8.79. The van der Waals surface area contributed by atoms with Gasteiger partial charge in [-0.05, 0) is 30.0 Å². The lowest BCUT2D eigenvalue weighted by molar-refractivity contribution is 0.566. The van der Waals surface area contributed by atoms with Gasteiger partial charge >= 0.3 is 0 Å². The molecular formula is C16H20FN3O2S2. The lowest BCUT2D eigenvalue weighted by atomic mass is 10.3. The summed E-state index contributed by atoms with van der Waals surface area (Å²) in [6.07, 6.45) is 0.867. The van der Waals surface area contributed by atoms with Gasteiger partial charge in [0.05, 0.1) is 5.75 Å². The Kier molecular flexibility index (Phi) is 6.74. The van der Waals surface area contributed by atoms with Crippen LogP contribution < -0.4 is 10.6 Å². The number of thiophene rings is 1. The van der Waals surface area contributed by atoms with E-state index >= 15 is 0 Å². The maximum Gasteiger partial charge on any atom is 0.191 e. The van der Waals surface area contributed by atoms with Gasteiger partial charge in [-0.15, -0.1) is 11.3 Å². The minimum atomic E-state index is -3.67. The average molecular weight is 369 g/mol. The van der Waals surface area contributed by atoms with Crippen molar-refractivity contribution >= 4 is 27.1 Å². The molecule has 0 aliphatic rings. The number of aliphatic imine (C=N–C) groups is 1. The van der Waals surface area contributed by atoms with Crippen molar-refractivity contribution in [3.8, 4) is 0 Å². The van der Waals surface area contributed by atoms with Crippen LogP contribution in [0.3, 0.4) is 0 Å². The molecule has 1 aromatic heterocycles. The zero-order valence-corrected chi connectivity index (χ0v) is 15.0. The summed E-state index contributed by atoms with van der Waals surface area (Å²) in [6.45, 7) is 0.843. The zero-order valence-electron chi connectivity index (χ0n) is 13.3. The molecule has 0 aliphatic heterocycles. The summed E-state index contributed by atoms with van der Waals surface area (Å²) >= 11 is 1.69. The fourth-order valence-corrected chi connectivity index (χ4v) is 4.04. The fraction of sp³-hybridized carbons (Fsp3) is 0.312. The van der Waals surface area contributed by atoms with E-state index in [1.807, 2.05) is 11.4 Å². The number of benzene rings is 1. The van der Waals surface area contributed by atoms with Crippen LogP contribution in [0.25, 0.3) is 0 Å². The van der Waals surface area contributed by atoms with Crippen molar-refractivity contribution in [3.05, 3.63) is 52.5 Å². The molecule has 8 heteroatoms. The third-order valence-electron chi connectivity index (χ3n) is 3.30. The molecule has 2 rings (SSSR count). The molecule has 0 amide bonds. The first kappa shape index (κ1) is 18.4. The van der Waals surface area contributed by atoms with Crippen LogP contribution in [0.1, 0.15) is 4.88 Å². The van der Waals surface area contributed by atoms with E-state index in [1.54, 1.807) is 18.4 Å². The number of hydrogen-bond acceptors (Lipinski definition) is 4. The lowest BCUT2D eigenvalue weighted by Gasteiger charge is -2.12. The Morgan fingerprint density at radius 1 is 1.17 bits per heavy atom. The van der Waals surface area contributed by atoms with Crippen LogP contribution >= 0.6 is 11.3 Å². The molecular weight excluding hydrogens is 349 g/mol. The highest BCUT2D eigenvalue weighted by Crippen LogP contribution is 2.14. The second-order valence-corrected chi connectivity index (χ2v) is 8.11. The van der Waals surface area contributed by atoms with Crippen LogP contribution in [-0.4, -0.2) is 40.3 Å². The normalized spacial score (nSPS) is 12.2. The topological polar surface area (TPSA) is 70.6 Å². The average Bonchev–Trinajstić information content (AvgIpc) is 3.07. The molecule has 1 heterocycles. The van der Waals surface area contributed by atoms with Crippen LogP contribution in [0.15, 0.2) is 51.7 Å². The Hall–Kier alpha value is -1.93. The summed E-state index contributed by atoms with van der Waals surface area (Å²) < 4.78 is 37.9. The molecule has 0 spiro atoms. The summed E-state index contributed by atoms with van der Waals surface area (Å²) in [7, 11) is -2.05. The summed E-state index contributed by atoms with van der Waals surface area (Å²) in [5, 5.41) is 8.08. The SMILES string of the molecule is CN=C(NCCc1cccs1)NCCS(=O)(=O)c1ccccc1F. The van der Waals surface area contributed by atoms with Crippen molar-refractivity contribution in [1.29, 1.82) is 0 Å². The van der Waals surface area contributed by atoms with E-state index in [1.165, 1.54) is 23.1 Å². The highest BCUT2D eigenvalue weighted by molar-refractivity contribution is 7.91. The third-order valence-corrected chi connectivity index (χ3v) is 5.98.